The molecule has 6 nitrogen and oxygen atoms in total. The molecule has 6 heteroatoms. The van der Waals surface area contributed by atoms with Gasteiger partial charge in [-0.2, -0.15) is 0 Å². The van der Waals surface area contributed by atoms with Crippen LogP contribution in [0.15, 0.2) is 54.6 Å². The first-order valence-electron chi connectivity index (χ1n) is 12.2. The summed E-state index contributed by atoms with van der Waals surface area (Å²) in [6.45, 7) is 6.44. The number of fused-ring (bicyclic) bond motifs is 1. The highest BCUT2D eigenvalue weighted by molar-refractivity contribution is 5.77. The summed E-state index contributed by atoms with van der Waals surface area (Å²) in [6, 6.07) is 18.8. The van der Waals surface area contributed by atoms with Crippen molar-refractivity contribution in [2.24, 2.45) is 0 Å². The van der Waals surface area contributed by atoms with Gasteiger partial charge in [-0.05, 0) is 24.5 Å². The number of carbonyl (C=O) groups excluding carboxylic acids is 1. The lowest BCUT2D eigenvalue weighted by atomic mass is 10.0. The Kier molecular flexibility index (Phi) is 6.86. The molecular formula is C28H32N4O2. The number of hydrogen-bond acceptors (Lipinski definition) is 5. The molecule has 0 unspecified atom stereocenters. The van der Waals surface area contributed by atoms with Gasteiger partial charge in [0.1, 0.15) is 11.6 Å². The maximum atomic E-state index is 13.1. The van der Waals surface area contributed by atoms with E-state index in [0.29, 0.717) is 39.1 Å². The van der Waals surface area contributed by atoms with Gasteiger partial charge in [-0.25, -0.2) is 9.97 Å². The lowest BCUT2D eigenvalue weighted by Gasteiger charge is -2.34. The van der Waals surface area contributed by atoms with Crippen molar-refractivity contribution >= 4 is 11.7 Å². The van der Waals surface area contributed by atoms with E-state index >= 15 is 0 Å². The van der Waals surface area contributed by atoms with E-state index in [-0.39, 0.29) is 5.91 Å². The maximum Gasteiger partial charge on any atom is 0.223 e. The number of carbonyl (C=O) groups is 1. The monoisotopic (exact) mass is 456 g/mol. The zero-order valence-electron chi connectivity index (χ0n) is 19.9. The van der Waals surface area contributed by atoms with Crippen molar-refractivity contribution in [3.8, 4) is 0 Å². The van der Waals surface area contributed by atoms with Gasteiger partial charge in [-0.1, -0.05) is 60.2 Å². The van der Waals surface area contributed by atoms with E-state index in [1.165, 1.54) is 16.7 Å². The number of benzene rings is 2. The Morgan fingerprint density at radius 3 is 2.56 bits per heavy atom. The van der Waals surface area contributed by atoms with Crippen LogP contribution < -0.4 is 4.90 Å². The van der Waals surface area contributed by atoms with Crippen LogP contribution in [0, 0.1) is 6.92 Å². The fraction of sp³-hybridized carbons (Fsp3) is 0.393. The molecule has 2 aliphatic rings. The Labute approximate surface area is 201 Å². The minimum absolute atomic E-state index is 0.200. The number of aryl methyl sites for hydroxylation is 2. The maximum absolute atomic E-state index is 13.1. The van der Waals surface area contributed by atoms with Crippen LogP contribution in [0.3, 0.4) is 0 Å². The zero-order valence-corrected chi connectivity index (χ0v) is 19.9. The van der Waals surface area contributed by atoms with Gasteiger partial charge in [0.15, 0.2) is 0 Å². The fourth-order valence-electron chi connectivity index (χ4n) is 4.83. The van der Waals surface area contributed by atoms with Gasteiger partial charge in [0.2, 0.25) is 5.91 Å². The molecule has 176 valence electrons. The predicted octanol–water partition coefficient (Wildman–Crippen LogP) is 3.73. The minimum atomic E-state index is 0.200. The third-order valence-corrected chi connectivity index (χ3v) is 6.66. The standard InChI is InChI=1S/C28H32N4O2/c1-21-6-5-9-23(18-21)19-26-29-25-12-13-32(27(33)11-10-22-7-3-2-4-8-22)20-24(25)28(30-26)31-14-16-34-17-15-31/h2-9,18H,10-17,19-20H2,1H3. The molecule has 2 aromatic carbocycles. The first kappa shape index (κ1) is 22.5. The Bertz CT molecular complexity index is 1140. The summed E-state index contributed by atoms with van der Waals surface area (Å²) in [4.78, 5) is 27.4. The molecule has 0 spiro atoms. The van der Waals surface area contributed by atoms with E-state index in [2.05, 4.69) is 48.2 Å². The molecule has 3 aromatic rings. The highest BCUT2D eigenvalue weighted by Crippen LogP contribution is 2.28. The molecule has 0 aliphatic carbocycles. The number of nitrogens with zero attached hydrogens (tertiary/aromatic N) is 4. The van der Waals surface area contributed by atoms with Crippen molar-refractivity contribution in [2.75, 3.05) is 37.7 Å². The van der Waals surface area contributed by atoms with Gasteiger partial charge in [-0.15, -0.1) is 0 Å². The molecule has 1 amide bonds. The highest BCUT2D eigenvalue weighted by atomic mass is 16.5. The predicted molar refractivity (Wildman–Crippen MR) is 133 cm³/mol. The molecule has 0 N–H and O–H groups in total. The third kappa shape index (κ3) is 5.28. The normalized spacial score (nSPS) is 15.8. The van der Waals surface area contributed by atoms with Crippen molar-refractivity contribution in [1.29, 1.82) is 0 Å². The van der Waals surface area contributed by atoms with Gasteiger partial charge in [0.05, 0.1) is 25.5 Å². The van der Waals surface area contributed by atoms with E-state index in [9.17, 15) is 4.79 Å². The Hall–Kier alpha value is -3.25. The minimum Gasteiger partial charge on any atom is -0.378 e. The van der Waals surface area contributed by atoms with E-state index in [1.54, 1.807) is 0 Å². The molecule has 0 saturated carbocycles. The van der Waals surface area contributed by atoms with Crippen LogP contribution >= 0.6 is 0 Å². The molecule has 5 rings (SSSR count). The molecule has 3 heterocycles. The fourth-order valence-corrected chi connectivity index (χ4v) is 4.83. The smallest absolute Gasteiger partial charge is 0.223 e. The lowest BCUT2D eigenvalue weighted by molar-refractivity contribution is -0.132. The second-order valence-electron chi connectivity index (χ2n) is 9.20. The number of aromatic nitrogens is 2. The van der Waals surface area contributed by atoms with E-state index in [4.69, 9.17) is 14.7 Å². The van der Waals surface area contributed by atoms with Crippen LogP contribution in [0.1, 0.15) is 40.2 Å². The average Bonchev–Trinajstić information content (AvgIpc) is 2.88. The van der Waals surface area contributed by atoms with Crippen LogP contribution in [0.25, 0.3) is 0 Å². The largest absolute Gasteiger partial charge is 0.378 e. The summed E-state index contributed by atoms with van der Waals surface area (Å²) in [5, 5.41) is 0. The second kappa shape index (κ2) is 10.3. The second-order valence-corrected chi connectivity index (χ2v) is 9.20. The quantitative estimate of drug-likeness (QED) is 0.566. The first-order chi connectivity index (χ1) is 16.7. The zero-order chi connectivity index (χ0) is 23.3. The SMILES string of the molecule is Cc1cccc(Cc2nc3c(c(N4CCOCC4)n2)CN(C(=O)CCc2ccccc2)CC3)c1. The topological polar surface area (TPSA) is 58.6 Å². The number of anilines is 1. The molecule has 1 fully saturated rings. The van der Waals surface area contributed by atoms with Crippen LogP contribution in [-0.2, 0) is 35.3 Å². The summed E-state index contributed by atoms with van der Waals surface area (Å²) >= 11 is 0. The summed E-state index contributed by atoms with van der Waals surface area (Å²) in [7, 11) is 0. The van der Waals surface area contributed by atoms with Crippen LogP contribution in [0.2, 0.25) is 0 Å². The molecule has 1 aromatic heterocycles. The van der Waals surface area contributed by atoms with E-state index in [1.807, 2.05) is 23.1 Å². The Morgan fingerprint density at radius 1 is 0.971 bits per heavy atom. The van der Waals surface area contributed by atoms with Crippen molar-refractivity contribution in [2.45, 2.75) is 39.2 Å². The molecule has 34 heavy (non-hydrogen) atoms. The van der Waals surface area contributed by atoms with Crippen molar-refractivity contribution in [1.82, 2.24) is 14.9 Å². The van der Waals surface area contributed by atoms with Gasteiger partial charge in [-0.3, -0.25) is 4.79 Å². The molecule has 0 atom stereocenters. The Balaban J connectivity index is 1.37. The van der Waals surface area contributed by atoms with Gasteiger partial charge in [0.25, 0.3) is 0 Å². The number of morpholine rings is 1. The van der Waals surface area contributed by atoms with Crippen LogP contribution in [0.5, 0.6) is 0 Å². The van der Waals surface area contributed by atoms with E-state index < -0.39 is 0 Å². The molecule has 1 saturated heterocycles. The number of hydrogen-bond donors (Lipinski definition) is 0. The summed E-state index contributed by atoms with van der Waals surface area (Å²) in [5.41, 5.74) is 5.86. The third-order valence-electron chi connectivity index (χ3n) is 6.66. The molecule has 0 radical (unpaired) electrons. The van der Waals surface area contributed by atoms with Crippen LogP contribution in [-0.4, -0.2) is 53.6 Å². The van der Waals surface area contributed by atoms with Crippen molar-refractivity contribution in [3.63, 3.8) is 0 Å². The van der Waals surface area contributed by atoms with Gasteiger partial charge >= 0.3 is 0 Å². The average molecular weight is 457 g/mol. The van der Waals surface area contributed by atoms with Gasteiger partial charge < -0.3 is 14.5 Å². The number of rotatable bonds is 6. The van der Waals surface area contributed by atoms with Gasteiger partial charge in [0, 0.05) is 44.5 Å². The molecule has 2 aliphatic heterocycles. The first-order valence-corrected chi connectivity index (χ1v) is 12.2. The summed E-state index contributed by atoms with van der Waals surface area (Å²) in [5.74, 6) is 2.04. The van der Waals surface area contributed by atoms with E-state index in [0.717, 1.165) is 48.8 Å². The molecule has 0 bridgehead atoms. The number of amides is 1. The number of ether oxygens (including phenoxy) is 1. The lowest BCUT2D eigenvalue weighted by Crippen LogP contribution is -2.41. The highest BCUT2D eigenvalue weighted by Gasteiger charge is 2.28. The Morgan fingerprint density at radius 2 is 1.76 bits per heavy atom. The molecular weight excluding hydrogens is 424 g/mol. The summed E-state index contributed by atoms with van der Waals surface area (Å²) < 4.78 is 5.59. The van der Waals surface area contributed by atoms with Crippen LogP contribution in [0.4, 0.5) is 5.82 Å². The van der Waals surface area contributed by atoms with Crippen molar-refractivity contribution < 1.29 is 9.53 Å². The summed E-state index contributed by atoms with van der Waals surface area (Å²) in [6.07, 6.45) is 2.78. The van der Waals surface area contributed by atoms with Crippen molar-refractivity contribution in [3.05, 3.63) is 88.4 Å².